The summed E-state index contributed by atoms with van der Waals surface area (Å²) in [4.78, 5) is 0. The molecule has 46 valence electrons. The highest BCUT2D eigenvalue weighted by Crippen LogP contribution is 1.71. The van der Waals surface area contributed by atoms with Crippen molar-refractivity contribution in [3.8, 4) is 0 Å². The zero-order valence-corrected chi connectivity index (χ0v) is 4.78. The molecule has 8 heavy (non-hydrogen) atoms. The molecule has 0 aliphatic heterocycles. The second-order valence-corrected chi connectivity index (χ2v) is 1.28. The van der Waals surface area contributed by atoms with E-state index in [1.807, 2.05) is 0 Å². The summed E-state index contributed by atoms with van der Waals surface area (Å²) in [6, 6.07) is 0. The van der Waals surface area contributed by atoms with E-state index < -0.39 is 0 Å². The molecule has 0 unspecified atom stereocenters. The number of amidine groups is 1. The van der Waals surface area contributed by atoms with Crippen LogP contribution < -0.4 is 16.6 Å². The van der Waals surface area contributed by atoms with Crippen LogP contribution in [-0.2, 0) is 0 Å². The Morgan fingerprint density at radius 3 is 2.38 bits per heavy atom. The van der Waals surface area contributed by atoms with Crippen LogP contribution in [0.5, 0.6) is 0 Å². The normalized spacial score (nSPS) is 8.12. The molecule has 0 aromatic carbocycles. The van der Waals surface area contributed by atoms with Crippen LogP contribution in [0.2, 0.25) is 0 Å². The van der Waals surface area contributed by atoms with Gasteiger partial charge in [-0.25, -0.2) is 5.43 Å². The summed E-state index contributed by atoms with van der Waals surface area (Å²) in [6.45, 7) is 3.32. The number of nitrogens with two attached hydrogens (primary N) is 1. The number of hydrogen-bond donors (Lipinski definition) is 4. The molecule has 0 bridgehead atoms. The summed E-state index contributed by atoms with van der Waals surface area (Å²) in [7, 11) is 1.65. The van der Waals surface area contributed by atoms with Crippen molar-refractivity contribution in [2.24, 2.45) is 5.73 Å². The van der Waals surface area contributed by atoms with Crippen molar-refractivity contribution in [3.63, 3.8) is 0 Å². The smallest absolute Gasteiger partial charge is 0.155 e. The number of hydrogen-bond acceptors (Lipinski definition) is 3. The molecule has 0 aliphatic rings. The first kappa shape index (κ1) is 6.97. The van der Waals surface area contributed by atoms with Gasteiger partial charge in [-0.15, -0.1) is 0 Å². The van der Waals surface area contributed by atoms with Crippen molar-refractivity contribution in [1.82, 2.24) is 10.9 Å². The Bertz CT molecular complexity index is 107. The van der Waals surface area contributed by atoms with Crippen LogP contribution in [0.25, 0.3) is 0 Å². The van der Waals surface area contributed by atoms with Gasteiger partial charge in [0.25, 0.3) is 0 Å². The highest BCUT2D eigenvalue weighted by molar-refractivity contribution is 5.93. The van der Waals surface area contributed by atoms with Crippen LogP contribution >= 0.6 is 0 Å². The molecule has 0 rings (SSSR count). The molecule has 4 heteroatoms. The van der Waals surface area contributed by atoms with E-state index in [1.54, 1.807) is 7.05 Å². The third-order valence-corrected chi connectivity index (χ3v) is 0.571. The van der Waals surface area contributed by atoms with Gasteiger partial charge in [0, 0.05) is 7.05 Å². The Kier molecular flexibility index (Phi) is 2.64. The molecule has 4 nitrogen and oxygen atoms in total. The molecule has 0 atom stereocenters. The predicted octanol–water partition coefficient (Wildman–Crippen LogP) is -0.840. The number of rotatable bonds is 2. The third-order valence-electron chi connectivity index (χ3n) is 0.571. The highest BCUT2D eigenvalue weighted by Gasteiger charge is 1.90. The Morgan fingerprint density at radius 2 is 2.25 bits per heavy atom. The second kappa shape index (κ2) is 3.04. The van der Waals surface area contributed by atoms with Crippen molar-refractivity contribution in [2.75, 3.05) is 7.05 Å². The molecule has 0 heterocycles. The van der Waals surface area contributed by atoms with Crippen LogP contribution in [0.15, 0.2) is 12.3 Å². The van der Waals surface area contributed by atoms with Crippen molar-refractivity contribution in [2.45, 2.75) is 0 Å². The van der Waals surface area contributed by atoms with E-state index in [9.17, 15) is 0 Å². The molecule has 0 aromatic heterocycles. The second-order valence-electron chi connectivity index (χ2n) is 1.28. The highest BCUT2D eigenvalue weighted by atomic mass is 15.4. The molecule has 0 spiro atoms. The average molecular weight is 114 g/mol. The van der Waals surface area contributed by atoms with Crippen LogP contribution in [0, 0.1) is 5.41 Å². The van der Waals surface area contributed by atoms with E-state index in [-0.39, 0.29) is 11.5 Å². The largest absolute Gasteiger partial charge is 0.396 e. The lowest BCUT2D eigenvalue weighted by molar-refractivity contribution is 0.763. The summed E-state index contributed by atoms with van der Waals surface area (Å²) in [5, 5.41) is 6.95. The van der Waals surface area contributed by atoms with Gasteiger partial charge in [-0.05, 0) is 0 Å². The van der Waals surface area contributed by atoms with Gasteiger partial charge in [0.15, 0.2) is 5.84 Å². The Morgan fingerprint density at radius 1 is 1.75 bits per heavy atom. The predicted molar refractivity (Wildman–Crippen MR) is 33.2 cm³/mol. The summed E-state index contributed by atoms with van der Waals surface area (Å²) in [6.07, 6.45) is 0. The Labute approximate surface area is 48.2 Å². The standard InChI is InChI=1S/C4H10N4/c1-3(5)4(6)8-7-2/h7H,1,5H2,2H3,(H2,6,8). The SMILES string of the molecule is C=C(N)C(=N)NNC. The lowest BCUT2D eigenvalue weighted by Crippen LogP contribution is -2.36. The fraction of sp³-hybridized carbons (Fsp3) is 0.250. The molecule has 0 saturated heterocycles. The van der Waals surface area contributed by atoms with Crippen molar-refractivity contribution < 1.29 is 0 Å². The molecule has 0 amide bonds. The van der Waals surface area contributed by atoms with Gasteiger partial charge in [0.2, 0.25) is 0 Å². The van der Waals surface area contributed by atoms with Crippen LogP contribution in [0.3, 0.4) is 0 Å². The van der Waals surface area contributed by atoms with Gasteiger partial charge in [-0.2, -0.15) is 0 Å². The van der Waals surface area contributed by atoms with E-state index in [1.165, 1.54) is 0 Å². The summed E-state index contributed by atoms with van der Waals surface area (Å²) >= 11 is 0. The van der Waals surface area contributed by atoms with Gasteiger partial charge in [-0.1, -0.05) is 6.58 Å². The molecule has 0 radical (unpaired) electrons. The number of hydrazine groups is 1. The number of nitrogens with one attached hydrogen (secondary N) is 3. The van der Waals surface area contributed by atoms with Gasteiger partial charge in [0.1, 0.15) is 0 Å². The van der Waals surface area contributed by atoms with Gasteiger partial charge < -0.3 is 11.2 Å². The average Bonchev–Trinajstić information content (AvgIpc) is 1.67. The quantitative estimate of drug-likeness (QED) is 0.215. The maximum absolute atomic E-state index is 6.95. The Balaban J connectivity index is 3.49. The monoisotopic (exact) mass is 114 g/mol. The lowest BCUT2D eigenvalue weighted by atomic mass is 10.5. The van der Waals surface area contributed by atoms with Gasteiger partial charge in [-0.3, -0.25) is 5.41 Å². The maximum Gasteiger partial charge on any atom is 0.155 e. The first-order chi connectivity index (χ1) is 3.68. The van der Waals surface area contributed by atoms with E-state index >= 15 is 0 Å². The Hall–Kier alpha value is -1.03. The van der Waals surface area contributed by atoms with E-state index in [0.717, 1.165) is 0 Å². The molecular formula is C4H10N4. The first-order valence-electron chi connectivity index (χ1n) is 2.14. The summed E-state index contributed by atoms with van der Waals surface area (Å²) < 4.78 is 0. The first-order valence-corrected chi connectivity index (χ1v) is 2.14. The zero-order chi connectivity index (χ0) is 6.57. The molecule has 0 aromatic rings. The minimum Gasteiger partial charge on any atom is -0.396 e. The van der Waals surface area contributed by atoms with E-state index in [4.69, 9.17) is 11.1 Å². The lowest BCUT2D eigenvalue weighted by Gasteiger charge is -2.02. The zero-order valence-electron chi connectivity index (χ0n) is 4.78. The fourth-order valence-corrected chi connectivity index (χ4v) is 0.205. The minimum absolute atomic E-state index is 0.104. The topological polar surface area (TPSA) is 73.9 Å². The van der Waals surface area contributed by atoms with Crippen LogP contribution in [-0.4, -0.2) is 12.9 Å². The minimum atomic E-state index is 0.104. The fourth-order valence-electron chi connectivity index (χ4n) is 0.205. The molecular weight excluding hydrogens is 104 g/mol. The summed E-state index contributed by atoms with van der Waals surface area (Å²) in [5.41, 5.74) is 10.3. The third kappa shape index (κ3) is 2.20. The van der Waals surface area contributed by atoms with Crippen molar-refractivity contribution >= 4 is 5.84 Å². The van der Waals surface area contributed by atoms with E-state index in [0.29, 0.717) is 0 Å². The van der Waals surface area contributed by atoms with Gasteiger partial charge in [0.05, 0.1) is 5.70 Å². The van der Waals surface area contributed by atoms with Crippen molar-refractivity contribution in [3.05, 3.63) is 12.3 Å². The van der Waals surface area contributed by atoms with E-state index in [2.05, 4.69) is 17.4 Å². The van der Waals surface area contributed by atoms with Crippen molar-refractivity contribution in [1.29, 1.82) is 5.41 Å². The maximum atomic E-state index is 6.95. The molecule has 0 aliphatic carbocycles. The van der Waals surface area contributed by atoms with Gasteiger partial charge >= 0.3 is 0 Å². The molecule has 5 N–H and O–H groups in total. The van der Waals surface area contributed by atoms with Crippen LogP contribution in [0.1, 0.15) is 0 Å². The molecule has 0 fully saturated rings. The summed E-state index contributed by atoms with van der Waals surface area (Å²) in [5.74, 6) is 0.104. The molecule has 0 saturated carbocycles. The van der Waals surface area contributed by atoms with Crippen LogP contribution in [0.4, 0.5) is 0 Å².